The number of aryl methyl sites for hydroxylation is 1. The van der Waals surface area contributed by atoms with Gasteiger partial charge in [-0.2, -0.15) is 5.10 Å². The second-order valence-electron chi connectivity index (χ2n) is 8.65. The van der Waals surface area contributed by atoms with E-state index < -0.39 is 5.60 Å². The Labute approximate surface area is 173 Å². The fraction of sp³-hybridized carbons (Fsp3) is 0.762. The van der Waals surface area contributed by atoms with Gasteiger partial charge in [0.2, 0.25) is 5.91 Å². The van der Waals surface area contributed by atoms with Crippen LogP contribution in [0.3, 0.4) is 0 Å². The SMILES string of the molecule is CCc1[nH]nc(C(=O)N2CCC[C@](O)(CN3CCC(NC(C)=O)CC3)CC2)c1C. The maximum absolute atomic E-state index is 12.9. The number of rotatable bonds is 5. The quantitative estimate of drug-likeness (QED) is 0.684. The largest absolute Gasteiger partial charge is 0.388 e. The molecule has 2 fully saturated rings. The van der Waals surface area contributed by atoms with Crippen LogP contribution in [0, 0.1) is 6.92 Å². The highest BCUT2D eigenvalue weighted by Gasteiger charge is 2.35. The lowest BCUT2D eigenvalue weighted by Gasteiger charge is -2.38. The smallest absolute Gasteiger partial charge is 0.274 e. The van der Waals surface area contributed by atoms with E-state index >= 15 is 0 Å². The molecule has 3 N–H and O–H groups in total. The first-order valence-electron chi connectivity index (χ1n) is 10.9. The van der Waals surface area contributed by atoms with Gasteiger partial charge in [-0.05, 0) is 45.4 Å². The summed E-state index contributed by atoms with van der Waals surface area (Å²) in [5.41, 5.74) is 1.67. The highest BCUT2D eigenvalue weighted by Crippen LogP contribution is 2.26. The molecule has 2 aliphatic rings. The van der Waals surface area contributed by atoms with Crippen LogP contribution in [0.25, 0.3) is 0 Å². The standard InChI is InChI=1S/C21H35N5O3/c1-4-18-15(2)19(24-23-18)20(28)26-10-5-8-21(29,9-13-26)14-25-11-6-17(7-12-25)22-16(3)27/h17,29H,4-14H2,1-3H3,(H,22,27)(H,23,24)/t21-/m1/s1. The number of β-amino-alcohol motifs (C(OH)–C–C–N with tert-alkyl or cyclic N) is 1. The molecule has 0 spiro atoms. The van der Waals surface area contributed by atoms with E-state index in [-0.39, 0.29) is 17.9 Å². The van der Waals surface area contributed by atoms with Crippen LogP contribution >= 0.6 is 0 Å². The summed E-state index contributed by atoms with van der Waals surface area (Å²) in [7, 11) is 0. The van der Waals surface area contributed by atoms with E-state index in [0.717, 1.165) is 50.0 Å². The van der Waals surface area contributed by atoms with Crippen molar-refractivity contribution >= 4 is 11.8 Å². The predicted molar refractivity (Wildman–Crippen MR) is 111 cm³/mol. The number of H-pyrrole nitrogens is 1. The molecule has 8 nitrogen and oxygen atoms in total. The third-order valence-corrected chi connectivity index (χ3v) is 6.38. The average Bonchev–Trinajstić information content (AvgIpc) is 2.94. The van der Waals surface area contributed by atoms with E-state index in [2.05, 4.69) is 20.4 Å². The lowest BCUT2D eigenvalue weighted by Crippen LogP contribution is -2.50. The van der Waals surface area contributed by atoms with Gasteiger partial charge in [-0.3, -0.25) is 14.7 Å². The monoisotopic (exact) mass is 405 g/mol. The Morgan fingerprint density at radius 1 is 1.24 bits per heavy atom. The summed E-state index contributed by atoms with van der Waals surface area (Å²) in [6.45, 7) is 9.12. The maximum atomic E-state index is 12.9. The van der Waals surface area contributed by atoms with Gasteiger partial charge in [0, 0.05) is 56.9 Å². The van der Waals surface area contributed by atoms with E-state index in [9.17, 15) is 14.7 Å². The first kappa shape index (κ1) is 21.8. The molecule has 8 heteroatoms. The van der Waals surface area contributed by atoms with Crippen LogP contribution in [0.15, 0.2) is 0 Å². The van der Waals surface area contributed by atoms with Crippen molar-refractivity contribution < 1.29 is 14.7 Å². The highest BCUT2D eigenvalue weighted by atomic mass is 16.3. The zero-order valence-corrected chi connectivity index (χ0v) is 18.0. The van der Waals surface area contributed by atoms with E-state index in [1.165, 1.54) is 0 Å². The molecule has 0 saturated carbocycles. The molecule has 0 aliphatic carbocycles. The van der Waals surface area contributed by atoms with E-state index in [1.807, 2.05) is 18.7 Å². The lowest BCUT2D eigenvalue weighted by molar-refractivity contribution is -0.120. The first-order chi connectivity index (χ1) is 13.8. The number of piperidine rings is 1. The Morgan fingerprint density at radius 2 is 1.97 bits per heavy atom. The van der Waals surface area contributed by atoms with Crippen LogP contribution < -0.4 is 5.32 Å². The predicted octanol–water partition coefficient (Wildman–Crippen LogP) is 1.24. The number of likely N-dealkylation sites (tertiary alicyclic amines) is 2. The molecule has 0 unspecified atom stereocenters. The van der Waals surface area contributed by atoms with Gasteiger partial charge >= 0.3 is 0 Å². The molecule has 2 amide bonds. The van der Waals surface area contributed by atoms with Crippen molar-refractivity contribution in [1.29, 1.82) is 0 Å². The lowest BCUT2D eigenvalue weighted by atomic mass is 9.93. The number of nitrogens with one attached hydrogen (secondary N) is 2. The van der Waals surface area contributed by atoms with Gasteiger partial charge in [0.15, 0.2) is 5.69 Å². The number of aromatic nitrogens is 2. The minimum atomic E-state index is -0.773. The van der Waals surface area contributed by atoms with Gasteiger partial charge in [-0.1, -0.05) is 6.92 Å². The molecule has 3 heterocycles. The summed E-state index contributed by atoms with van der Waals surface area (Å²) in [4.78, 5) is 28.3. The molecule has 2 saturated heterocycles. The Bertz CT molecular complexity index is 726. The average molecular weight is 406 g/mol. The van der Waals surface area contributed by atoms with Crippen molar-refractivity contribution in [3.05, 3.63) is 17.0 Å². The molecule has 29 heavy (non-hydrogen) atoms. The van der Waals surface area contributed by atoms with Gasteiger partial charge in [-0.25, -0.2) is 0 Å². The Balaban J connectivity index is 1.54. The molecule has 0 radical (unpaired) electrons. The van der Waals surface area contributed by atoms with Crippen LogP contribution in [0.5, 0.6) is 0 Å². The topological polar surface area (TPSA) is 102 Å². The number of carbonyl (C=O) groups is 2. The third kappa shape index (κ3) is 5.36. The van der Waals surface area contributed by atoms with Gasteiger partial charge < -0.3 is 20.2 Å². The highest BCUT2D eigenvalue weighted by molar-refractivity contribution is 5.94. The van der Waals surface area contributed by atoms with Crippen molar-refractivity contribution in [3.8, 4) is 0 Å². The Morgan fingerprint density at radius 3 is 2.59 bits per heavy atom. The van der Waals surface area contributed by atoms with E-state index in [1.54, 1.807) is 6.92 Å². The summed E-state index contributed by atoms with van der Waals surface area (Å²) in [6.07, 6.45) is 4.72. The summed E-state index contributed by atoms with van der Waals surface area (Å²) in [5.74, 6) is -0.0207. The normalized spacial score (nSPS) is 24.3. The van der Waals surface area contributed by atoms with E-state index in [4.69, 9.17) is 0 Å². The molecule has 1 aromatic heterocycles. The van der Waals surface area contributed by atoms with E-state index in [0.29, 0.717) is 38.2 Å². The summed E-state index contributed by atoms with van der Waals surface area (Å²) in [5, 5.41) is 21.4. The zero-order valence-electron chi connectivity index (χ0n) is 18.0. The molecule has 162 valence electrons. The molecule has 0 aromatic carbocycles. The number of carbonyl (C=O) groups excluding carboxylic acids is 2. The number of nitrogens with zero attached hydrogens (tertiary/aromatic N) is 3. The molecule has 1 aromatic rings. The second-order valence-corrected chi connectivity index (χ2v) is 8.65. The molecular weight excluding hydrogens is 370 g/mol. The van der Waals surface area contributed by atoms with Crippen molar-refractivity contribution in [1.82, 2.24) is 25.3 Å². The number of hydrogen-bond donors (Lipinski definition) is 3. The van der Waals surface area contributed by atoms with Crippen molar-refractivity contribution in [3.63, 3.8) is 0 Å². The molecule has 1 atom stereocenters. The second kappa shape index (κ2) is 9.26. The molecule has 0 bridgehead atoms. The summed E-state index contributed by atoms with van der Waals surface area (Å²) in [6, 6.07) is 0.241. The minimum Gasteiger partial charge on any atom is -0.388 e. The van der Waals surface area contributed by atoms with Crippen molar-refractivity contribution in [2.24, 2.45) is 0 Å². The van der Waals surface area contributed by atoms with Crippen LogP contribution in [-0.2, 0) is 11.2 Å². The number of hydrogen-bond acceptors (Lipinski definition) is 5. The fourth-order valence-electron chi connectivity index (χ4n) is 4.62. The van der Waals surface area contributed by atoms with Gasteiger partial charge in [0.25, 0.3) is 5.91 Å². The Kier molecular flexibility index (Phi) is 6.95. The van der Waals surface area contributed by atoms with Gasteiger partial charge in [0.1, 0.15) is 0 Å². The fourth-order valence-corrected chi connectivity index (χ4v) is 4.62. The van der Waals surface area contributed by atoms with Crippen LogP contribution in [0.4, 0.5) is 0 Å². The molecule has 3 rings (SSSR count). The van der Waals surface area contributed by atoms with Crippen LogP contribution in [0.2, 0.25) is 0 Å². The maximum Gasteiger partial charge on any atom is 0.274 e. The Hall–Kier alpha value is -1.93. The third-order valence-electron chi connectivity index (χ3n) is 6.38. The summed E-state index contributed by atoms with van der Waals surface area (Å²) >= 11 is 0. The first-order valence-corrected chi connectivity index (χ1v) is 10.9. The van der Waals surface area contributed by atoms with Crippen molar-refractivity contribution in [2.45, 2.75) is 70.9 Å². The van der Waals surface area contributed by atoms with Crippen LogP contribution in [-0.4, -0.2) is 81.3 Å². The zero-order chi connectivity index (χ0) is 21.0. The van der Waals surface area contributed by atoms with Crippen molar-refractivity contribution in [2.75, 3.05) is 32.7 Å². The minimum absolute atomic E-state index is 0.0220. The van der Waals surface area contributed by atoms with Crippen LogP contribution in [0.1, 0.15) is 67.7 Å². The number of aliphatic hydroxyl groups is 1. The number of aromatic amines is 1. The summed E-state index contributed by atoms with van der Waals surface area (Å²) < 4.78 is 0. The molecule has 2 aliphatic heterocycles. The van der Waals surface area contributed by atoms with Gasteiger partial charge in [0.05, 0.1) is 5.60 Å². The molecular formula is C21H35N5O3. The number of amides is 2. The van der Waals surface area contributed by atoms with Gasteiger partial charge in [-0.15, -0.1) is 0 Å².